The fraction of sp³-hybridized carbons (Fsp3) is 0.158. The summed E-state index contributed by atoms with van der Waals surface area (Å²) in [5.74, 6) is -1.39. The minimum Gasteiger partial charge on any atom is -0.505 e. The number of phenolic OH excluding ortho intramolecular Hbond substituents is 1. The summed E-state index contributed by atoms with van der Waals surface area (Å²) in [5, 5.41) is 30.9. The highest BCUT2D eigenvalue weighted by atomic mass is 16.4. The van der Waals surface area contributed by atoms with Gasteiger partial charge in [0, 0.05) is 18.5 Å². The molecule has 0 saturated heterocycles. The number of benzene rings is 2. The largest absolute Gasteiger partial charge is 0.505 e. The topological polar surface area (TPSA) is 117 Å². The van der Waals surface area contributed by atoms with Crippen LogP contribution in [0, 0.1) is 0 Å². The number of hydrogen-bond donors (Lipinski definition) is 3. The third kappa shape index (κ3) is 4.12. The third-order valence-corrected chi connectivity index (χ3v) is 4.00. The molecule has 0 atom stereocenters. The Morgan fingerprint density at radius 1 is 1.19 bits per heavy atom. The van der Waals surface area contributed by atoms with E-state index in [0.717, 1.165) is 6.08 Å². The number of phenols is 1. The van der Waals surface area contributed by atoms with Gasteiger partial charge >= 0.3 is 5.97 Å². The van der Waals surface area contributed by atoms with Gasteiger partial charge in [0.1, 0.15) is 22.5 Å². The lowest BCUT2D eigenvalue weighted by Gasteiger charge is -2.12. The number of aliphatic carboxylic acids is 1. The number of fused-ring (bicyclic) bond motifs is 1. The molecule has 3 aromatic rings. The van der Waals surface area contributed by atoms with Gasteiger partial charge in [-0.2, -0.15) is 0 Å². The van der Waals surface area contributed by atoms with Crippen molar-refractivity contribution >= 4 is 22.9 Å². The van der Waals surface area contributed by atoms with Gasteiger partial charge in [0.05, 0.1) is 0 Å². The molecule has 3 rings (SSSR count). The summed E-state index contributed by atoms with van der Waals surface area (Å²) in [4.78, 5) is 23.7. The first-order valence-corrected chi connectivity index (χ1v) is 8.27. The average Bonchev–Trinajstić information content (AvgIpc) is 3.09. The molecule has 8 heteroatoms. The molecule has 0 fully saturated rings. The van der Waals surface area contributed by atoms with E-state index in [1.165, 1.54) is 4.80 Å². The number of nitrogens with one attached hydrogen (secondary N) is 1. The standard InChI is InChI=1S/C19H18N4O4/c1-2-17(24)20-11-13-9-12(7-8-18(25)26)10-16(19(13)27)23-21-14-5-3-4-6-15(14)22-23/h2-6,9-10,27H,1,7-8,11H2,(H,20,24)(H,25,26). The van der Waals surface area contributed by atoms with Crippen molar-refractivity contribution in [3.63, 3.8) is 0 Å². The smallest absolute Gasteiger partial charge is 0.303 e. The van der Waals surface area contributed by atoms with Gasteiger partial charge in [-0.3, -0.25) is 9.59 Å². The molecule has 0 aliphatic carbocycles. The molecule has 27 heavy (non-hydrogen) atoms. The van der Waals surface area contributed by atoms with Crippen molar-refractivity contribution in [2.24, 2.45) is 0 Å². The van der Waals surface area contributed by atoms with E-state index in [-0.39, 0.29) is 31.0 Å². The number of rotatable bonds is 7. The first-order chi connectivity index (χ1) is 13.0. The number of aromatic nitrogens is 3. The maximum Gasteiger partial charge on any atom is 0.303 e. The predicted octanol–water partition coefficient (Wildman–Crippen LogP) is 1.95. The van der Waals surface area contributed by atoms with Crippen molar-refractivity contribution in [1.29, 1.82) is 0 Å². The van der Waals surface area contributed by atoms with Crippen molar-refractivity contribution < 1.29 is 19.8 Å². The Labute approximate surface area is 154 Å². The molecule has 2 aromatic carbocycles. The number of amides is 1. The monoisotopic (exact) mass is 366 g/mol. The summed E-state index contributed by atoms with van der Waals surface area (Å²) in [5.41, 5.74) is 2.76. The molecule has 0 aliphatic rings. The van der Waals surface area contributed by atoms with Crippen molar-refractivity contribution in [2.45, 2.75) is 19.4 Å². The van der Waals surface area contributed by atoms with Crippen molar-refractivity contribution in [3.05, 3.63) is 60.2 Å². The van der Waals surface area contributed by atoms with E-state index >= 15 is 0 Å². The van der Waals surface area contributed by atoms with Crippen LogP contribution in [-0.2, 0) is 22.6 Å². The zero-order valence-corrected chi connectivity index (χ0v) is 14.4. The van der Waals surface area contributed by atoms with Gasteiger partial charge < -0.3 is 15.5 Å². The molecule has 1 amide bonds. The van der Waals surface area contributed by atoms with Crippen molar-refractivity contribution in [3.8, 4) is 11.4 Å². The maximum absolute atomic E-state index is 11.5. The van der Waals surface area contributed by atoms with Crippen LogP contribution in [0.15, 0.2) is 49.1 Å². The first-order valence-electron chi connectivity index (χ1n) is 8.27. The Balaban J connectivity index is 2.04. The summed E-state index contributed by atoms with van der Waals surface area (Å²) < 4.78 is 0. The van der Waals surface area contributed by atoms with Gasteiger partial charge in [0.25, 0.3) is 0 Å². The molecule has 138 valence electrons. The van der Waals surface area contributed by atoms with Gasteiger partial charge in [-0.25, -0.2) is 0 Å². The van der Waals surface area contributed by atoms with Crippen LogP contribution in [0.5, 0.6) is 5.75 Å². The van der Waals surface area contributed by atoms with E-state index < -0.39 is 5.97 Å². The number of carbonyl (C=O) groups is 2. The van der Waals surface area contributed by atoms with E-state index in [1.54, 1.807) is 24.3 Å². The van der Waals surface area contributed by atoms with E-state index in [4.69, 9.17) is 5.11 Å². The predicted molar refractivity (Wildman–Crippen MR) is 98.5 cm³/mol. The van der Waals surface area contributed by atoms with Crippen molar-refractivity contribution in [2.75, 3.05) is 0 Å². The zero-order chi connectivity index (χ0) is 19.4. The number of carboxylic acids is 1. The van der Waals surface area contributed by atoms with Crippen molar-refractivity contribution in [1.82, 2.24) is 20.3 Å². The van der Waals surface area contributed by atoms with Gasteiger partial charge in [-0.1, -0.05) is 24.8 Å². The summed E-state index contributed by atoms with van der Waals surface area (Å²) in [7, 11) is 0. The van der Waals surface area contributed by atoms with Gasteiger partial charge in [-0.05, 0) is 36.3 Å². The quantitative estimate of drug-likeness (QED) is 0.550. The molecule has 0 bridgehead atoms. The summed E-state index contributed by atoms with van der Waals surface area (Å²) in [6, 6.07) is 10.6. The molecule has 0 spiro atoms. The Morgan fingerprint density at radius 3 is 2.44 bits per heavy atom. The highest BCUT2D eigenvalue weighted by Crippen LogP contribution is 2.28. The van der Waals surface area contributed by atoms with Crippen LogP contribution >= 0.6 is 0 Å². The summed E-state index contributed by atoms with van der Waals surface area (Å²) >= 11 is 0. The molecular formula is C19H18N4O4. The summed E-state index contributed by atoms with van der Waals surface area (Å²) in [6.07, 6.45) is 1.34. The fourth-order valence-corrected chi connectivity index (χ4v) is 2.65. The molecule has 0 aliphatic heterocycles. The summed E-state index contributed by atoms with van der Waals surface area (Å²) in [6.45, 7) is 3.45. The van der Waals surface area contributed by atoms with Gasteiger partial charge in [0.2, 0.25) is 5.91 Å². The Kier molecular flexibility index (Phi) is 5.16. The van der Waals surface area contributed by atoms with E-state index in [1.807, 2.05) is 12.1 Å². The highest BCUT2D eigenvalue weighted by Gasteiger charge is 2.15. The number of aryl methyl sites for hydroxylation is 1. The van der Waals surface area contributed by atoms with Crippen LogP contribution in [-0.4, -0.2) is 37.1 Å². The minimum absolute atomic E-state index is 0.0583. The highest BCUT2D eigenvalue weighted by molar-refractivity contribution is 5.86. The van der Waals surface area contributed by atoms with E-state index in [2.05, 4.69) is 22.1 Å². The Morgan fingerprint density at radius 2 is 1.85 bits per heavy atom. The van der Waals surface area contributed by atoms with E-state index in [9.17, 15) is 14.7 Å². The van der Waals surface area contributed by atoms with Crippen LogP contribution in [0.2, 0.25) is 0 Å². The second-order valence-corrected chi connectivity index (χ2v) is 5.92. The second-order valence-electron chi connectivity index (χ2n) is 5.92. The number of aromatic hydroxyl groups is 1. The number of hydrogen-bond acceptors (Lipinski definition) is 5. The lowest BCUT2D eigenvalue weighted by atomic mass is 10.0. The Bertz CT molecular complexity index is 993. The lowest BCUT2D eigenvalue weighted by molar-refractivity contribution is -0.137. The van der Waals surface area contributed by atoms with Crippen LogP contribution in [0.25, 0.3) is 16.7 Å². The Hall–Kier alpha value is -3.68. The normalized spacial score (nSPS) is 10.7. The molecular weight excluding hydrogens is 348 g/mol. The molecule has 1 heterocycles. The number of nitrogens with zero attached hydrogens (tertiary/aromatic N) is 3. The number of carboxylic acid groups (broad SMARTS) is 1. The molecule has 0 unspecified atom stereocenters. The lowest BCUT2D eigenvalue weighted by Crippen LogP contribution is -2.20. The zero-order valence-electron chi connectivity index (χ0n) is 14.4. The van der Waals surface area contributed by atoms with Crippen LogP contribution < -0.4 is 5.32 Å². The average molecular weight is 366 g/mol. The fourth-order valence-electron chi connectivity index (χ4n) is 2.65. The maximum atomic E-state index is 11.5. The van der Waals surface area contributed by atoms with Gasteiger partial charge in [0.15, 0.2) is 0 Å². The molecule has 0 radical (unpaired) electrons. The van der Waals surface area contributed by atoms with Crippen LogP contribution in [0.3, 0.4) is 0 Å². The van der Waals surface area contributed by atoms with Crippen LogP contribution in [0.1, 0.15) is 17.5 Å². The first kappa shape index (κ1) is 18.1. The molecule has 1 aromatic heterocycles. The molecule has 0 saturated carbocycles. The van der Waals surface area contributed by atoms with E-state index in [0.29, 0.717) is 27.8 Å². The SMILES string of the molecule is C=CC(=O)NCc1cc(CCC(=O)O)cc(-n2nc3ccccc3n2)c1O. The third-order valence-electron chi connectivity index (χ3n) is 4.00. The molecule has 8 nitrogen and oxygen atoms in total. The molecule has 3 N–H and O–H groups in total. The minimum atomic E-state index is -0.922. The van der Waals surface area contributed by atoms with Gasteiger partial charge in [-0.15, -0.1) is 15.0 Å². The second kappa shape index (κ2) is 7.69. The van der Waals surface area contributed by atoms with Crippen LogP contribution in [0.4, 0.5) is 0 Å². The number of carbonyl (C=O) groups excluding carboxylic acids is 1.